The molecule has 2 atom stereocenters. The zero-order valence-corrected chi connectivity index (χ0v) is 7.05. The summed E-state index contributed by atoms with van der Waals surface area (Å²) in [5, 5.41) is 2.55. The Morgan fingerprint density at radius 2 is 2.09 bits per heavy atom. The zero-order valence-electron chi connectivity index (χ0n) is 7.05. The van der Waals surface area contributed by atoms with Gasteiger partial charge < -0.3 is 10.1 Å². The molecule has 0 heterocycles. The summed E-state index contributed by atoms with van der Waals surface area (Å²) in [7, 11) is 1.60. The molecule has 0 aliphatic heterocycles. The molecule has 62 valence electrons. The highest BCUT2D eigenvalue weighted by Gasteiger charge is 2.61. The predicted octanol–water partition coefficient (Wildman–Crippen LogP) is 0.203. The SMILES string of the molecule is CNC(=O)C1C(C=O)C1(C)C. The molecule has 0 aromatic heterocycles. The van der Waals surface area contributed by atoms with Crippen LogP contribution in [0.4, 0.5) is 0 Å². The Hall–Kier alpha value is -0.860. The van der Waals surface area contributed by atoms with E-state index in [1.165, 1.54) is 0 Å². The van der Waals surface area contributed by atoms with E-state index < -0.39 is 0 Å². The maximum absolute atomic E-state index is 11.1. The standard InChI is InChI=1S/C8H13NO2/c1-8(2)5(4-10)6(8)7(11)9-3/h4-6H,1-3H3,(H,9,11). The molecule has 1 aliphatic carbocycles. The molecule has 11 heavy (non-hydrogen) atoms. The number of carbonyl (C=O) groups is 2. The lowest BCUT2D eigenvalue weighted by molar-refractivity contribution is -0.123. The lowest BCUT2D eigenvalue weighted by Gasteiger charge is -1.99. The predicted molar refractivity (Wildman–Crippen MR) is 40.9 cm³/mol. The van der Waals surface area contributed by atoms with Crippen molar-refractivity contribution in [2.75, 3.05) is 7.05 Å². The summed E-state index contributed by atoms with van der Waals surface area (Å²) in [6, 6.07) is 0. The van der Waals surface area contributed by atoms with E-state index in [0.29, 0.717) is 0 Å². The molecule has 1 amide bonds. The Bertz CT molecular complexity index is 198. The van der Waals surface area contributed by atoms with Crippen molar-refractivity contribution in [2.45, 2.75) is 13.8 Å². The summed E-state index contributed by atoms with van der Waals surface area (Å²) in [6.07, 6.45) is 0.875. The molecule has 0 bridgehead atoms. The molecule has 2 unspecified atom stereocenters. The second kappa shape index (κ2) is 2.32. The van der Waals surface area contributed by atoms with Gasteiger partial charge in [-0.15, -0.1) is 0 Å². The molecule has 1 fully saturated rings. The van der Waals surface area contributed by atoms with Crippen LogP contribution < -0.4 is 5.32 Å². The average Bonchev–Trinajstić information content (AvgIpc) is 2.51. The second-order valence-electron chi connectivity index (χ2n) is 3.58. The fourth-order valence-corrected chi connectivity index (χ4v) is 1.59. The van der Waals surface area contributed by atoms with Gasteiger partial charge in [0.25, 0.3) is 0 Å². The molecule has 0 aromatic carbocycles. The van der Waals surface area contributed by atoms with E-state index >= 15 is 0 Å². The molecule has 1 N–H and O–H groups in total. The molecule has 1 saturated carbocycles. The number of carbonyl (C=O) groups excluding carboxylic acids is 2. The lowest BCUT2D eigenvalue weighted by atomic mass is 10.1. The van der Waals surface area contributed by atoms with Crippen LogP contribution in [-0.2, 0) is 9.59 Å². The van der Waals surface area contributed by atoms with Crippen LogP contribution in [0.15, 0.2) is 0 Å². The van der Waals surface area contributed by atoms with Crippen LogP contribution in [0.3, 0.4) is 0 Å². The number of nitrogens with one attached hydrogen (secondary N) is 1. The van der Waals surface area contributed by atoms with E-state index in [-0.39, 0.29) is 23.2 Å². The summed E-state index contributed by atoms with van der Waals surface area (Å²) in [5.41, 5.74) is -0.123. The minimum atomic E-state index is -0.123. The third-order valence-corrected chi connectivity index (χ3v) is 2.59. The highest BCUT2D eigenvalue weighted by molar-refractivity contribution is 5.87. The molecule has 3 heteroatoms. The summed E-state index contributed by atoms with van der Waals surface area (Å²) < 4.78 is 0. The van der Waals surface area contributed by atoms with Crippen LogP contribution in [0.1, 0.15) is 13.8 Å². The number of aldehydes is 1. The minimum Gasteiger partial charge on any atom is -0.359 e. The van der Waals surface area contributed by atoms with Crippen molar-refractivity contribution >= 4 is 12.2 Å². The van der Waals surface area contributed by atoms with E-state index in [4.69, 9.17) is 0 Å². The number of amides is 1. The fourth-order valence-electron chi connectivity index (χ4n) is 1.59. The highest BCUT2D eigenvalue weighted by atomic mass is 16.2. The van der Waals surface area contributed by atoms with Gasteiger partial charge in [0.15, 0.2) is 0 Å². The highest BCUT2D eigenvalue weighted by Crippen LogP contribution is 2.56. The largest absolute Gasteiger partial charge is 0.359 e. The Balaban J connectivity index is 2.66. The van der Waals surface area contributed by atoms with E-state index in [9.17, 15) is 9.59 Å². The van der Waals surface area contributed by atoms with E-state index in [2.05, 4.69) is 5.32 Å². The Labute approximate surface area is 66.2 Å². The topological polar surface area (TPSA) is 46.2 Å². The van der Waals surface area contributed by atoms with Crippen LogP contribution in [0.25, 0.3) is 0 Å². The van der Waals surface area contributed by atoms with Gasteiger partial charge in [-0.2, -0.15) is 0 Å². The summed E-state index contributed by atoms with van der Waals surface area (Å²) in [6.45, 7) is 3.87. The smallest absolute Gasteiger partial charge is 0.224 e. The molecular weight excluding hydrogens is 142 g/mol. The van der Waals surface area contributed by atoms with Gasteiger partial charge in [0.2, 0.25) is 5.91 Å². The van der Waals surface area contributed by atoms with Crippen molar-refractivity contribution < 1.29 is 9.59 Å². The van der Waals surface area contributed by atoms with Crippen molar-refractivity contribution in [3.63, 3.8) is 0 Å². The molecule has 0 saturated heterocycles. The van der Waals surface area contributed by atoms with Gasteiger partial charge >= 0.3 is 0 Å². The Morgan fingerprint density at radius 1 is 1.55 bits per heavy atom. The van der Waals surface area contributed by atoms with E-state index in [1.807, 2.05) is 13.8 Å². The average molecular weight is 155 g/mol. The van der Waals surface area contributed by atoms with Crippen LogP contribution in [-0.4, -0.2) is 19.2 Å². The van der Waals surface area contributed by atoms with Gasteiger partial charge in [0.05, 0.1) is 5.92 Å². The van der Waals surface area contributed by atoms with Crippen LogP contribution in [0, 0.1) is 17.3 Å². The first-order valence-corrected chi connectivity index (χ1v) is 3.72. The molecule has 0 radical (unpaired) electrons. The molecule has 0 aromatic rings. The fraction of sp³-hybridized carbons (Fsp3) is 0.750. The first-order chi connectivity index (χ1) is 5.05. The normalized spacial score (nSPS) is 32.6. The van der Waals surface area contributed by atoms with Crippen molar-refractivity contribution in [3.8, 4) is 0 Å². The summed E-state index contributed by atoms with van der Waals surface area (Å²) in [5.74, 6) is -0.209. The quantitative estimate of drug-likeness (QED) is 0.579. The third-order valence-electron chi connectivity index (χ3n) is 2.59. The first-order valence-electron chi connectivity index (χ1n) is 3.72. The van der Waals surface area contributed by atoms with Gasteiger partial charge in [-0.1, -0.05) is 13.8 Å². The molecule has 1 aliphatic rings. The maximum Gasteiger partial charge on any atom is 0.224 e. The molecule has 0 spiro atoms. The van der Waals surface area contributed by atoms with Crippen molar-refractivity contribution in [1.29, 1.82) is 0 Å². The molecular formula is C8H13NO2. The Kier molecular flexibility index (Phi) is 1.74. The van der Waals surface area contributed by atoms with Crippen molar-refractivity contribution in [2.24, 2.45) is 17.3 Å². The Morgan fingerprint density at radius 3 is 2.36 bits per heavy atom. The van der Waals surface area contributed by atoms with E-state index in [0.717, 1.165) is 6.29 Å². The molecule has 1 rings (SSSR count). The monoisotopic (exact) mass is 155 g/mol. The minimum absolute atomic E-state index is 0.0212. The van der Waals surface area contributed by atoms with Crippen molar-refractivity contribution in [1.82, 2.24) is 5.32 Å². The first kappa shape index (κ1) is 8.24. The van der Waals surface area contributed by atoms with E-state index in [1.54, 1.807) is 7.05 Å². The third kappa shape index (κ3) is 1.04. The van der Waals surface area contributed by atoms with Gasteiger partial charge in [0.1, 0.15) is 6.29 Å². The van der Waals surface area contributed by atoms with Crippen molar-refractivity contribution in [3.05, 3.63) is 0 Å². The number of hydrogen-bond acceptors (Lipinski definition) is 2. The summed E-state index contributed by atoms with van der Waals surface area (Å²) >= 11 is 0. The zero-order chi connectivity index (χ0) is 8.65. The summed E-state index contributed by atoms with van der Waals surface area (Å²) in [4.78, 5) is 21.5. The van der Waals surface area contributed by atoms with Crippen LogP contribution >= 0.6 is 0 Å². The van der Waals surface area contributed by atoms with Crippen LogP contribution in [0.2, 0.25) is 0 Å². The van der Waals surface area contributed by atoms with Gasteiger partial charge in [-0.3, -0.25) is 4.79 Å². The van der Waals surface area contributed by atoms with Gasteiger partial charge in [-0.05, 0) is 5.41 Å². The van der Waals surface area contributed by atoms with Gasteiger partial charge in [0, 0.05) is 13.0 Å². The van der Waals surface area contributed by atoms with Gasteiger partial charge in [-0.25, -0.2) is 0 Å². The van der Waals surface area contributed by atoms with Crippen LogP contribution in [0.5, 0.6) is 0 Å². The second-order valence-corrected chi connectivity index (χ2v) is 3.58. The lowest BCUT2D eigenvalue weighted by Crippen LogP contribution is -2.22. The molecule has 3 nitrogen and oxygen atoms in total. The maximum atomic E-state index is 11.1. The number of hydrogen-bond donors (Lipinski definition) is 1. The number of rotatable bonds is 2.